The number of aromatic nitrogens is 2. The van der Waals surface area contributed by atoms with Gasteiger partial charge in [-0.2, -0.15) is 24.7 Å². The molecule has 0 aliphatic carbocycles. The highest BCUT2D eigenvalue weighted by Gasteiger charge is 2.13. The summed E-state index contributed by atoms with van der Waals surface area (Å²) in [6.45, 7) is 7.73. The van der Waals surface area contributed by atoms with Crippen molar-refractivity contribution >= 4 is 31.2 Å². The Labute approximate surface area is 129 Å². The van der Waals surface area contributed by atoms with Crippen LogP contribution in [-0.4, -0.2) is 41.8 Å². The molecule has 0 saturated heterocycles. The summed E-state index contributed by atoms with van der Waals surface area (Å²) in [6, 6.07) is 3.92. The topological polar surface area (TPSA) is 81.4 Å². The highest BCUT2D eigenvalue weighted by atomic mass is 28.3. The van der Waals surface area contributed by atoms with Crippen LogP contribution < -0.4 is 0 Å². The molecule has 0 atom stereocenters. The molecule has 0 saturated carbocycles. The predicted octanol–water partition coefficient (Wildman–Crippen LogP) is 2.86. The summed E-state index contributed by atoms with van der Waals surface area (Å²) in [5.41, 5.74) is 0.989. The number of hydrogen-bond acceptors (Lipinski definition) is 4. The van der Waals surface area contributed by atoms with Crippen LogP contribution in [-0.2, 0) is 11.5 Å². The molecule has 0 aliphatic heterocycles. The van der Waals surface area contributed by atoms with Crippen LogP contribution in [0.1, 0.15) is 20.7 Å². The largest absolute Gasteiger partial charge is 0.478 e. The molecule has 1 aromatic carbocycles. The van der Waals surface area contributed by atoms with Crippen molar-refractivity contribution in [3.63, 3.8) is 0 Å². The van der Waals surface area contributed by atoms with E-state index in [9.17, 15) is 9.59 Å². The van der Waals surface area contributed by atoms with E-state index in [4.69, 9.17) is 9.84 Å². The van der Waals surface area contributed by atoms with E-state index in [-0.39, 0.29) is 12.3 Å². The average Bonchev–Trinajstić information content (AvgIpc) is 2.84. The summed E-state index contributed by atoms with van der Waals surface area (Å²) >= 11 is 0. The molecule has 0 bridgehead atoms. The van der Waals surface area contributed by atoms with Gasteiger partial charge in [0.25, 0.3) is 0 Å². The number of aromatic carboxylic acids is 1. The molecule has 0 radical (unpaired) electrons. The molecule has 119 valence electrons. The zero-order chi connectivity index (χ0) is 16.3. The van der Waals surface area contributed by atoms with E-state index in [2.05, 4.69) is 24.7 Å². The van der Waals surface area contributed by atoms with Gasteiger partial charge in [0.2, 0.25) is 0 Å². The number of hydrogen-bond donors (Lipinski definition) is 1. The van der Waals surface area contributed by atoms with E-state index in [1.54, 1.807) is 10.9 Å². The second kappa shape index (κ2) is 6.41. The number of carbonyl (C=O) groups is 2. The molecular formula is C15H20N2O4Si-. The summed E-state index contributed by atoms with van der Waals surface area (Å²) in [5, 5.41) is 13.9. The number of aldehydes is 1. The summed E-state index contributed by atoms with van der Waals surface area (Å²) in [5.74, 6) is -1.07. The van der Waals surface area contributed by atoms with Crippen molar-refractivity contribution in [2.24, 2.45) is 0 Å². The normalized spacial score (nSPS) is 11.8. The molecule has 2 aromatic rings. The Bertz CT molecular complexity index is 703. The summed E-state index contributed by atoms with van der Waals surface area (Å²) < 4.78 is 7.23. The summed E-state index contributed by atoms with van der Waals surface area (Å²) in [6.07, 6.45) is 2.20. The van der Waals surface area contributed by atoms with Crippen LogP contribution in [0, 0.1) is 0 Å². The fourth-order valence-electron chi connectivity index (χ4n) is 2.11. The fraction of sp³-hybridized carbons (Fsp3) is 0.400. The first-order chi connectivity index (χ1) is 10.3. The van der Waals surface area contributed by atoms with Crippen molar-refractivity contribution in [3.8, 4) is 0 Å². The molecule has 1 N–H and O–H groups in total. The molecule has 7 heteroatoms. The van der Waals surface area contributed by atoms with Crippen LogP contribution >= 0.6 is 0 Å². The van der Waals surface area contributed by atoms with Crippen LogP contribution in [0.25, 0.3) is 10.9 Å². The van der Waals surface area contributed by atoms with Gasteiger partial charge >= 0.3 is 5.97 Å². The second-order valence-corrected chi connectivity index (χ2v) is 12.0. The summed E-state index contributed by atoms with van der Waals surface area (Å²) in [7, 11) is -1.15. The Hall–Kier alpha value is -1.99. The van der Waals surface area contributed by atoms with Gasteiger partial charge in [-0.25, -0.2) is 9.48 Å². The molecule has 6 nitrogen and oxygen atoms in total. The Morgan fingerprint density at radius 3 is 2.73 bits per heavy atom. The maximum absolute atomic E-state index is 11.2. The first-order valence-electron chi connectivity index (χ1n) is 7.07. The van der Waals surface area contributed by atoms with Gasteiger partial charge in [0.1, 0.15) is 6.73 Å². The number of carbonyl (C=O) groups excluding carboxylic acids is 1. The van der Waals surface area contributed by atoms with Gasteiger partial charge in [-0.15, -0.1) is 14.1 Å². The van der Waals surface area contributed by atoms with Crippen LogP contribution in [0.3, 0.4) is 0 Å². The Morgan fingerprint density at radius 1 is 1.41 bits per heavy atom. The minimum atomic E-state index is -1.15. The van der Waals surface area contributed by atoms with Gasteiger partial charge in [-0.05, 0) is 12.1 Å². The fourth-order valence-corrected chi connectivity index (χ4v) is 2.86. The van der Waals surface area contributed by atoms with Crippen molar-refractivity contribution in [2.45, 2.75) is 32.4 Å². The lowest BCUT2D eigenvalue weighted by Crippen LogP contribution is -2.22. The zero-order valence-electron chi connectivity index (χ0n) is 13.0. The number of carboxylic acid groups (broad SMARTS) is 1. The zero-order valence-corrected chi connectivity index (χ0v) is 14.0. The van der Waals surface area contributed by atoms with E-state index in [0.717, 1.165) is 6.04 Å². The number of ether oxygens (including phenoxy) is 1. The van der Waals surface area contributed by atoms with Gasteiger partial charge in [-0.1, -0.05) is 0 Å². The highest BCUT2D eigenvalue weighted by Crippen LogP contribution is 2.20. The smallest absolute Gasteiger partial charge is 0.335 e. The second-order valence-electron chi connectivity index (χ2n) is 6.42. The minimum Gasteiger partial charge on any atom is -0.478 e. The van der Waals surface area contributed by atoms with Crippen LogP contribution in [0.5, 0.6) is 0 Å². The first-order valence-corrected chi connectivity index (χ1v) is 10.8. The maximum atomic E-state index is 11.2. The van der Waals surface area contributed by atoms with Gasteiger partial charge in [0.15, 0.2) is 6.29 Å². The van der Waals surface area contributed by atoms with Crippen molar-refractivity contribution in [3.05, 3.63) is 29.5 Å². The number of rotatable bonds is 7. The number of carboxylic acids is 1. The van der Waals surface area contributed by atoms with Crippen LogP contribution in [0.2, 0.25) is 25.7 Å². The number of nitrogens with zero attached hydrogens (tertiary/aromatic N) is 2. The molecule has 0 spiro atoms. The van der Waals surface area contributed by atoms with E-state index in [1.807, 2.05) is 0 Å². The first kappa shape index (κ1) is 16.4. The molecule has 0 unspecified atom stereocenters. The monoisotopic (exact) mass is 320 g/mol. The van der Waals surface area contributed by atoms with Crippen molar-refractivity contribution < 1.29 is 19.4 Å². The van der Waals surface area contributed by atoms with E-state index in [1.165, 1.54) is 12.1 Å². The molecule has 0 aliphatic rings. The Balaban J connectivity index is 2.21. The third kappa shape index (κ3) is 3.80. The third-order valence-corrected chi connectivity index (χ3v) is 5.05. The minimum absolute atomic E-state index is 0.0776. The lowest BCUT2D eigenvalue weighted by atomic mass is 10.1. The van der Waals surface area contributed by atoms with Gasteiger partial charge in [0, 0.05) is 17.6 Å². The van der Waals surface area contributed by atoms with Crippen molar-refractivity contribution in [1.82, 2.24) is 9.78 Å². The lowest BCUT2D eigenvalue weighted by Gasteiger charge is -2.26. The summed E-state index contributed by atoms with van der Waals surface area (Å²) in [4.78, 5) is 22.3. The van der Waals surface area contributed by atoms with Crippen LogP contribution in [0.15, 0.2) is 18.3 Å². The molecule has 0 amide bonds. The van der Waals surface area contributed by atoms with E-state index >= 15 is 0 Å². The van der Waals surface area contributed by atoms with E-state index in [0.29, 0.717) is 29.4 Å². The highest BCUT2D eigenvalue weighted by molar-refractivity contribution is 6.76. The Kier molecular flexibility index (Phi) is 4.77. The molecule has 2 rings (SSSR count). The lowest BCUT2D eigenvalue weighted by molar-refractivity contribution is 0.0697. The predicted molar refractivity (Wildman–Crippen MR) is 86.2 cm³/mol. The van der Waals surface area contributed by atoms with Crippen molar-refractivity contribution in [1.29, 1.82) is 0 Å². The van der Waals surface area contributed by atoms with Gasteiger partial charge in [0.05, 0.1) is 17.3 Å². The Morgan fingerprint density at radius 2 is 2.14 bits per heavy atom. The number of benzene rings is 1. The SMILES string of the molecule is C[Si-](C)(C)CCOCn1ncc2cc(C(=O)O)cc(C=O)c21. The number of fused-ring (bicyclic) bond motifs is 1. The quantitative estimate of drug-likeness (QED) is 0.482. The molecule has 0 fully saturated rings. The standard InChI is InChI=1S/C15H20N2O4Si/c1-22(2,3)5-4-21-10-17-14-12(8-16-17)6-11(15(19)20)7-13(14)9-18/h6-9H,4-5,10H2,1-3H3,(H,19,20)/q-1. The van der Waals surface area contributed by atoms with Crippen molar-refractivity contribution in [2.75, 3.05) is 6.61 Å². The molecular weight excluding hydrogens is 300 g/mol. The van der Waals surface area contributed by atoms with E-state index < -0.39 is 14.0 Å². The maximum Gasteiger partial charge on any atom is 0.335 e. The molecule has 1 heterocycles. The molecule has 1 aromatic heterocycles. The average molecular weight is 320 g/mol. The molecule has 22 heavy (non-hydrogen) atoms. The van der Waals surface area contributed by atoms with Gasteiger partial charge < -0.3 is 9.84 Å². The van der Waals surface area contributed by atoms with Crippen LogP contribution in [0.4, 0.5) is 0 Å². The van der Waals surface area contributed by atoms with Gasteiger partial charge in [-0.3, -0.25) is 4.79 Å². The third-order valence-electron chi connectivity index (χ3n) is 3.35.